The lowest BCUT2D eigenvalue weighted by atomic mass is 10.0. The van der Waals surface area contributed by atoms with Crippen LogP contribution in [0.25, 0.3) is 0 Å². The van der Waals surface area contributed by atoms with Crippen LogP contribution in [0, 0.1) is 5.92 Å². The number of nitrogens with one attached hydrogen (secondary N) is 1. The van der Waals surface area contributed by atoms with E-state index in [2.05, 4.69) is 12.2 Å². The fourth-order valence-corrected chi connectivity index (χ4v) is 2.46. The van der Waals surface area contributed by atoms with Crippen LogP contribution in [-0.2, 0) is 9.59 Å². The van der Waals surface area contributed by atoms with E-state index >= 15 is 0 Å². The van der Waals surface area contributed by atoms with Crippen molar-refractivity contribution in [3.63, 3.8) is 0 Å². The lowest BCUT2D eigenvalue weighted by molar-refractivity contribution is -0.137. The molecule has 0 saturated carbocycles. The first-order chi connectivity index (χ1) is 9.17. The van der Waals surface area contributed by atoms with E-state index in [9.17, 15) is 9.59 Å². The molecule has 1 heterocycles. The Labute approximate surface area is 115 Å². The van der Waals surface area contributed by atoms with Gasteiger partial charge < -0.3 is 15.3 Å². The summed E-state index contributed by atoms with van der Waals surface area (Å²) in [5, 5.41) is 11.8. The Hall–Kier alpha value is -1.10. The van der Waals surface area contributed by atoms with Crippen molar-refractivity contribution in [1.29, 1.82) is 0 Å². The van der Waals surface area contributed by atoms with Gasteiger partial charge in [-0.3, -0.25) is 9.59 Å². The Balaban J connectivity index is 2.27. The fourth-order valence-electron chi connectivity index (χ4n) is 2.46. The van der Waals surface area contributed by atoms with Crippen LogP contribution in [0.1, 0.15) is 45.4 Å². The molecule has 5 heteroatoms. The highest BCUT2D eigenvalue weighted by Crippen LogP contribution is 2.11. The quantitative estimate of drug-likeness (QED) is 0.689. The highest BCUT2D eigenvalue weighted by molar-refractivity contribution is 5.85. The van der Waals surface area contributed by atoms with E-state index in [1.807, 2.05) is 0 Å². The van der Waals surface area contributed by atoms with Crippen molar-refractivity contribution in [3.05, 3.63) is 0 Å². The Morgan fingerprint density at radius 3 is 2.84 bits per heavy atom. The molecule has 1 unspecified atom stereocenters. The molecule has 1 rings (SSSR count). The van der Waals surface area contributed by atoms with Crippen molar-refractivity contribution in [2.75, 3.05) is 26.2 Å². The smallest absolute Gasteiger partial charge is 0.239 e. The molecule has 0 radical (unpaired) electrons. The topological polar surface area (TPSA) is 69.6 Å². The van der Waals surface area contributed by atoms with Gasteiger partial charge in [0.25, 0.3) is 0 Å². The van der Waals surface area contributed by atoms with Crippen molar-refractivity contribution < 1.29 is 14.7 Å². The van der Waals surface area contributed by atoms with Gasteiger partial charge in [0, 0.05) is 26.1 Å². The predicted molar refractivity (Wildman–Crippen MR) is 73.5 cm³/mol. The van der Waals surface area contributed by atoms with Gasteiger partial charge in [-0.25, -0.2) is 0 Å². The SMILES string of the molecule is CCCC(CCO)CNC(=O)CN1CCCCC1=O. The number of rotatable bonds is 8. The zero-order chi connectivity index (χ0) is 14.1. The molecule has 1 fully saturated rings. The third-order valence-electron chi connectivity index (χ3n) is 3.58. The second kappa shape index (κ2) is 8.91. The van der Waals surface area contributed by atoms with Gasteiger partial charge in [-0.1, -0.05) is 13.3 Å². The highest BCUT2D eigenvalue weighted by atomic mass is 16.3. The normalized spacial score (nSPS) is 17.4. The summed E-state index contributed by atoms with van der Waals surface area (Å²) in [6.07, 6.45) is 5.26. The summed E-state index contributed by atoms with van der Waals surface area (Å²) >= 11 is 0. The Bertz CT molecular complexity index is 288. The van der Waals surface area contributed by atoms with Gasteiger partial charge in [0.1, 0.15) is 0 Å². The molecule has 2 N–H and O–H groups in total. The molecule has 0 aromatic rings. The maximum atomic E-state index is 11.8. The summed E-state index contributed by atoms with van der Waals surface area (Å²) in [4.78, 5) is 25.0. The Kier molecular flexibility index (Phi) is 7.48. The van der Waals surface area contributed by atoms with Gasteiger partial charge in [-0.15, -0.1) is 0 Å². The number of carbonyl (C=O) groups excluding carboxylic acids is 2. The van der Waals surface area contributed by atoms with Gasteiger partial charge in [0.15, 0.2) is 0 Å². The van der Waals surface area contributed by atoms with Crippen LogP contribution >= 0.6 is 0 Å². The molecule has 110 valence electrons. The molecule has 1 aliphatic heterocycles. The van der Waals surface area contributed by atoms with Crippen molar-refractivity contribution in [2.45, 2.75) is 45.4 Å². The molecular formula is C14H26N2O3. The van der Waals surface area contributed by atoms with E-state index in [0.717, 1.165) is 32.1 Å². The lowest BCUT2D eigenvalue weighted by Crippen LogP contribution is -2.44. The largest absolute Gasteiger partial charge is 0.396 e. The number of aliphatic hydroxyl groups excluding tert-OH is 1. The summed E-state index contributed by atoms with van der Waals surface area (Å²) in [5.41, 5.74) is 0. The standard InChI is InChI=1S/C14H26N2O3/c1-2-5-12(7-9-17)10-15-13(18)11-16-8-4-3-6-14(16)19/h12,17H,2-11H2,1H3,(H,15,18). The van der Waals surface area contributed by atoms with Crippen LogP contribution in [0.5, 0.6) is 0 Å². The van der Waals surface area contributed by atoms with Crippen molar-refractivity contribution >= 4 is 11.8 Å². The molecule has 0 aromatic carbocycles. The molecule has 1 atom stereocenters. The second-order valence-corrected chi connectivity index (χ2v) is 5.24. The summed E-state index contributed by atoms with van der Waals surface area (Å²) in [5.74, 6) is 0.326. The van der Waals surface area contributed by atoms with Crippen LogP contribution in [-0.4, -0.2) is 48.1 Å². The molecule has 0 spiro atoms. The maximum Gasteiger partial charge on any atom is 0.239 e. The van der Waals surface area contributed by atoms with Crippen LogP contribution < -0.4 is 5.32 Å². The average Bonchev–Trinajstić information content (AvgIpc) is 2.39. The van der Waals surface area contributed by atoms with Crippen molar-refractivity contribution in [2.24, 2.45) is 5.92 Å². The van der Waals surface area contributed by atoms with Crippen LogP contribution in [0.3, 0.4) is 0 Å². The third kappa shape index (κ3) is 6.05. The zero-order valence-corrected chi connectivity index (χ0v) is 11.9. The monoisotopic (exact) mass is 270 g/mol. The van der Waals surface area contributed by atoms with Gasteiger partial charge in [-0.05, 0) is 31.6 Å². The molecule has 1 saturated heterocycles. The maximum absolute atomic E-state index is 11.8. The zero-order valence-electron chi connectivity index (χ0n) is 11.9. The van der Waals surface area contributed by atoms with Crippen molar-refractivity contribution in [3.8, 4) is 0 Å². The number of likely N-dealkylation sites (tertiary alicyclic amines) is 1. The molecule has 0 bridgehead atoms. The lowest BCUT2D eigenvalue weighted by Gasteiger charge is -2.26. The van der Waals surface area contributed by atoms with Gasteiger partial charge in [0.05, 0.1) is 6.54 Å². The van der Waals surface area contributed by atoms with E-state index in [1.165, 1.54) is 0 Å². The number of aliphatic hydroxyl groups is 1. The van der Waals surface area contributed by atoms with E-state index in [4.69, 9.17) is 5.11 Å². The van der Waals surface area contributed by atoms with E-state index in [-0.39, 0.29) is 25.0 Å². The molecule has 0 aliphatic carbocycles. The Morgan fingerprint density at radius 2 is 2.21 bits per heavy atom. The second-order valence-electron chi connectivity index (χ2n) is 5.24. The number of nitrogens with zero attached hydrogens (tertiary/aromatic N) is 1. The number of carbonyl (C=O) groups is 2. The first kappa shape index (κ1) is 16.0. The van der Waals surface area contributed by atoms with E-state index in [0.29, 0.717) is 25.4 Å². The van der Waals surface area contributed by atoms with Crippen molar-refractivity contribution in [1.82, 2.24) is 10.2 Å². The molecule has 2 amide bonds. The van der Waals surface area contributed by atoms with Crippen LogP contribution in [0.4, 0.5) is 0 Å². The summed E-state index contributed by atoms with van der Waals surface area (Å²) in [6.45, 7) is 3.72. The Morgan fingerprint density at radius 1 is 1.42 bits per heavy atom. The number of hydrogen-bond acceptors (Lipinski definition) is 3. The van der Waals surface area contributed by atoms with Gasteiger partial charge in [0.2, 0.25) is 11.8 Å². The number of hydrogen-bond donors (Lipinski definition) is 2. The molecule has 19 heavy (non-hydrogen) atoms. The average molecular weight is 270 g/mol. The van der Waals surface area contributed by atoms with Gasteiger partial charge in [-0.2, -0.15) is 0 Å². The minimum absolute atomic E-state index is 0.0851. The summed E-state index contributed by atoms with van der Waals surface area (Å²) in [6, 6.07) is 0. The van der Waals surface area contributed by atoms with E-state index in [1.54, 1.807) is 4.90 Å². The predicted octanol–water partition coefficient (Wildman–Crippen LogP) is 0.914. The molecule has 1 aliphatic rings. The molecule has 0 aromatic heterocycles. The first-order valence-electron chi connectivity index (χ1n) is 7.32. The molecular weight excluding hydrogens is 244 g/mol. The van der Waals surface area contributed by atoms with Crippen LogP contribution in [0.15, 0.2) is 0 Å². The van der Waals surface area contributed by atoms with E-state index < -0.39 is 0 Å². The summed E-state index contributed by atoms with van der Waals surface area (Å²) in [7, 11) is 0. The first-order valence-corrected chi connectivity index (χ1v) is 7.32. The number of amides is 2. The summed E-state index contributed by atoms with van der Waals surface area (Å²) < 4.78 is 0. The minimum Gasteiger partial charge on any atom is -0.396 e. The molecule has 5 nitrogen and oxygen atoms in total. The van der Waals surface area contributed by atoms with Gasteiger partial charge >= 0.3 is 0 Å². The highest BCUT2D eigenvalue weighted by Gasteiger charge is 2.20. The van der Waals surface area contributed by atoms with Crippen LogP contribution in [0.2, 0.25) is 0 Å². The minimum atomic E-state index is -0.0886. The third-order valence-corrected chi connectivity index (χ3v) is 3.58. The number of piperidine rings is 1. The fraction of sp³-hybridized carbons (Fsp3) is 0.857.